The van der Waals surface area contributed by atoms with E-state index in [1.807, 2.05) is 31.2 Å². The van der Waals surface area contributed by atoms with Gasteiger partial charge < -0.3 is 10.1 Å². The maximum atomic E-state index is 14.4. The van der Waals surface area contributed by atoms with Crippen LogP contribution in [0.3, 0.4) is 0 Å². The molecular formula is C22H20FN5O2. The summed E-state index contributed by atoms with van der Waals surface area (Å²) >= 11 is 0. The molecule has 1 amide bonds. The molecule has 2 aromatic carbocycles. The highest BCUT2D eigenvalue weighted by atomic mass is 19.1. The molecule has 0 saturated heterocycles. The van der Waals surface area contributed by atoms with Crippen LogP contribution in [0.4, 0.5) is 10.2 Å². The van der Waals surface area contributed by atoms with Crippen LogP contribution in [0.1, 0.15) is 15.9 Å². The quantitative estimate of drug-likeness (QED) is 0.522. The third-order valence-corrected chi connectivity index (χ3v) is 4.87. The lowest BCUT2D eigenvalue weighted by atomic mass is 10.0. The van der Waals surface area contributed by atoms with Gasteiger partial charge in [0, 0.05) is 29.9 Å². The van der Waals surface area contributed by atoms with Gasteiger partial charge in [0.05, 0.1) is 24.6 Å². The Morgan fingerprint density at radius 2 is 2.00 bits per heavy atom. The topological polar surface area (TPSA) is 84.8 Å². The Morgan fingerprint density at radius 3 is 2.73 bits per heavy atom. The van der Waals surface area contributed by atoms with Gasteiger partial charge in [-0.3, -0.25) is 14.6 Å². The molecule has 4 rings (SSSR count). The summed E-state index contributed by atoms with van der Waals surface area (Å²) in [6.45, 7) is 1.82. The minimum Gasteiger partial charge on any atom is -0.496 e. The number of anilines is 1. The standard InChI is InChI=1S/C22H20FN5O2/c1-13-20(16-6-4-5-7-19(16)30-3)26-27-21(13)25-22(29)17-10-14(8-9-18(17)23)15-11-24-28(2)12-15/h4-12H,1-3H3,(H2,25,26,27,29). The predicted octanol–water partition coefficient (Wildman–Crippen LogP) is 4.19. The molecule has 4 aromatic rings. The molecule has 0 aliphatic carbocycles. The fourth-order valence-corrected chi connectivity index (χ4v) is 3.26. The zero-order chi connectivity index (χ0) is 21.3. The minimum absolute atomic E-state index is 0.0717. The highest BCUT2D eigenvalue weighted by Crippen LogP contribution is 2.33. The zero-order valence-electron chi connectivity index (χ0n) is 16.7. The number of hydrogen-bond donors (Lipinski definition) is 2. The molecule has 152 valence electrons. The van der Waals surface area contributed by atoms with Gasteiger partial charge in [-0.1, -0.05) is 18.2 Å². The number of para-hydroxylation sites is 1. The number of H-pyrrole nitrogens is 1. The number of carbonyl (C=O) groups excluding carboxylic acids is 1. The van der Waals surface area contributed by atoms with Crippen LogP contribution < -0.4 is 10.1 Å². The van der Waals surface area contributed by atoms with E-state index < -0.39 is 11.7 Å². The highest BCUT2D eigenvalue weighted by Gasteiger charge is 2.19. The van der Waals surface area contributed by atoms with E-state index in [1.165, 1.54) is 12.1 Å². The molecule has 0 bridgehead atoms. The molecule has 0 radical (unpaired) electrons. The lowest BCUT2D eigenvalue weighted by molar-refractivity contribution is 0.102. The van der Waals surface area contributed by atoms with Gasteiger partial charge in [0.25, 0.3) is 5.91 Å². The average molecular weight is 405 g/mol. The highest BCUT2D eigenvalue weighted by molar-refractivity contribution is 6.05. The van der Waals surface area contributed by atoms with Gasteiger partial charge in [-0.2, -0.15) is 10.2 Å². The van der Waals surface area contributed by atoms with Crippen molar-refractivity contribution in [2.45, 2.75) is 6.92 Å². The number of nitrogens with one attached hydrogen (secondary N) is 2. The van der Waals surface area contributed by atoms with Gasteiger partial charge in [0.1, 0.15) is 11.6 Å². The second-order valence-electron chi connectivity index (χ2n) is 6.82. The van der Waals surface area contributed by atoms with E-state index in [1.54, 1.807) is 37.3 Å². The molecule has 30 heavy (non-hydrogen) atoms. The van der Waals surface area contributed by atoms with Crippen LogP contribution in [-0.2, 0) is 7.05 Å². The molecule has 0 atom stereocenters. The maximum Gasteiger partial charge on any atom is 0.259 e. The SMILES string of the molecule is COc1ccccc1-c1[nH]nc(NC(=O)c2cc(-c3cnn(C)c3)ccc2F)c1C. The average Bonchev–Trinajstić information content (AvgIpc) is 3.34. The monoisotopic (exact) mass is 405 g/mol. The van der Waals surface area contributed by atoms with E-state index in [4.69, 9.17) is 4.74 Å². The number of aryl methyl sites for hydroxylation is 1. The number of nitrogens with zero attached hydrogens (tertiary/aromatic N) is 3. The fraction of sp³-hybridized carbons (Fsp3) is 0.136. The molecule has 2 N–H and O–H groups in total. The van der Waals surface area contributed by atoms with Crippen molar-refractivity contribution in [2.75, 3.05) is 12.4 Å². The molecule has 0 unspecified atom stereocenters. The number of ether oxygens (including phenoxy) is 1. The number of halogens is 1. The third-order valence-electron chi connectivity index (χ3n) is 4.87. The Hall–Kier alpha value is -3.94. The van der Waals surface area contributed by atoms with E-state index in [0.717, 1.165) is 16.7 Å². The third kappa shape index (κ3) is 3.55. The van der Waals surface area contributed by atoms with E-state index in [2.05, 4.69) is 20.6 Å². The van der Waals surface area contributed by atoms with Crippen molar-refractivity contribution < 1.29 is 13.9 Å². The van der Waals surface area contributed by atoms with Crippen molar-refractivity contribution in [3.63, 3.8) is 0 Å². The van der Waals surface area contributed by atoms with Crippen molar-refractivity contribution in [3.8, 4) is 28.1 Å². The van der Waals surface area contributed by atoms with Gasteiger partial charge >= 0.3 is 0 Å². The first-order valence-corrected chi connectivity index (χ1v) is 9.26. The van der Waals surface area contributed by atoms with Crippen LogP contribution in [0.25, 0.3) is 22.4 Å². The maximum absolute atomic E-state index is 14.4. The van der Waals surface area contributed by atoms with Crippen molar-refractivity contribution in [1.82, 2.24) is 20.0 Å². The number of benzene rings is 2. The first-order chi connectivity index (χ1) is 14.5. The van der Waals surface area contributed by atoms with Crippen molar-refractivity contribution >= 4 is 11.7 Å². The largest absolute Gasteiger partial charge is 0.496 e. The van der Waals surface area contributed by atoms with E-state index in [-0.39, 0.29) is 5.56 Å². The van der Waals surface area contributed by atoms with Crippen LogP contribution in [0.2, 0.25) is 0 Å². The van der Waals surface area contributed by atoms with Gasteiger partial charge in [0.15, 0.2) is 5.82 Å². The Balaban J connectivity index is 1.63. The molecule has 0 saturated carbocycles. The molecule has 2 aromatic heterocycles. The van der Waals surface area contributed by atoms with Gasteiger partial charge in [-0.15, -0.1) is 0 Å². The molecule has 0 spiro atoms. The number of rotatable bonds is 5. The Kier molecular flexibility index (Phi) is 5.05. The number of carbonyl (C=O) groups is 1. The first-order valence-electron chi connectivity index (χ1n) is 9.26. The fourth-order valence-electron chi connectivity index (χ4n) is 3.26. The molecule has 7 nitrogen and oxygen atoms in total. The molecule has 0 fully saturated rings. The van der Waals surface area contributed by atoms with Crippen molar-refractivity contribution in [3.05, 3.63) is 71.8 Å². The molecule has 0 aliphatic heterocycles. The minimum atomic E-state index is -0.613. The second-order valence-corrected chi connectivity index (χ2v) is 6.82. The summed E-state index contributed by atoms with van der Waals surface area (Å²) in [5.41, 5.74) is 3.67. The van der Waals surface area contributed by atoms with Crippen LogP contribution in [-0.4, -0.2) is 33.0 Å². The normalized spacial score (nSPS) is 10.8. The molecular weight excluding hydrogens is 385 g/mol. The Labute approximate surface area is 172 Å². The summed E-state index contributed by atoms with van der Waals surface area (Å²) in [6, 6.07) is 11.9. The molecule has 2 heterocycles. The summed E-state index contributed by atoms with van der Waals surface area (Å²) in [6.07, 6.45) is 3.46. The number of aromatic nitrogens is 4. The van der Waals surface area contributed by atoms with E-state index >= 15 is 0 Å². The first kappa shape index (κ1) is 19.4. The second kappa shape index (κ2) is 7.82. The Bertz CT molecular complexity index is 1230. The summed E-state index contributed by atoms with van der Waals surface area (Å²) < 4.78 is 21.4. The number of amides is 1. The molecule has 8 heteroatoms. The van der Waals surface area contributed by atoms with Crippen LogP contribution in [0, 0.1) is 12.7 Å². The lowest BCUT2D eigenvalue weighted by Crippen LogP contribution is -2.15. The summed E-state index contributed by atoms with van der Waals surface area (Å²) in [5, 5.41) is 13.9. The summed E-state index contributed by atoms with van der Waals surface area (Å²) in [7, 11) is 3.38. The van der Waals surface area contributed by atoms with Crippen molar-refractivity contribution in [1.29, 1.82) is 0 Å². The van der Waals surface area contributed by atoms with Crippen molar-refractivity contribution in [2.24, 2.45) is 7.05 Å². The van der Waals surface area contributed by atoms with Crippen LogP contribution in [0.15, 0.2) is 54.9 Å². The lowest BCUT2D eigenvalue weighted by Gasteiger charge is -2.08. The molecule has 0 aliphatic rings. The van der Waals surface area contributed by atoms with E-state index in [9.17, 15) is 9.18 Å². The zero-order valence-corrected chi connectivity index (χ0v) is 16.7. The summed E-state index contributed by atoms with van der Waals surface area (Å²) in [5.74, 6) is -0.192. The van der Waals surface area contributed by atoms with Gasteiger partial charge in [-0.05, 0) is 36.8 Å². The number of aromatic amines is 1. The number of methoxy groups -OCH3 is 1. The summed E-state index contributed by atoms with van der Waals surface area (Å²) in [4.78, 5) is 12.8. The van der Waals surface area contributed by atoms with Gasteiger partial charge in [0.2, 0.25) is 0 Å². The number of hydrogen-bond acceptors (Lipinski definition) is 4. The van der Waals surface area contributed by atoms with Crippen LogP contribution in [0.5, 0.6) is 5.75 Å². The predicted molar refractivity (Wildman–Crippen MR) is 112 cm³/mol. The van der Waals surface area contributed by atoms with E-state index in [0.29, 0.717) is 22.8 Å². The van der Waals surface area contributed by atoms with Crippen LogP contribution >= 0.6 is 0 Å². The van der Waals surface area contributed by atoms with Gasteiger partial charge in [-0.25, -0.2) is 4.39 Å². The smallest absolute Gasteiger partial charge is 0.259 e. The Morgan fingerprint density at radius 1 is 1.20 bits per heavy atom.